The SMILES string of the molecule is Cc1oc2cc(OCC(=O)N3CCCC[C@H]3C)ccc2c(=O)c1Oc1ccccc1. The molecule has 6 heteroatoms. The Morgan fingerprint density at radius 2 is 1.93 bits per heavy atom. The smallest absolute Gasteiger partial charge is 0.260 e. The van der Waals surface area contributed by atoms with Crippen LogP contribution in [0.25, 0.3) is 11.0 Å². The maximum atomic E-state index is 12.9. The molecule has 0 radical (unpaired) electrons. The molecule has 4 rings (SSSR count). The van der Waals surface area contributed by atoms with Gasteiger partial charge in [-0.1, -0.05) is 18.2 Å². The third kappa shape index (κ3) is 4.17. The molecule has 1 fully saturated rings. The van der Waals surface area contributed by atoms with Crippen LogP contribution in [0.5, 0.6) is 17.2 Å². The average molecular weight is 407 g/mol. The summed E-state index contributed by atoms with van der Waals surface area (Å²) in [6.45, 7) is 4.50. The van der Waals surface area contributed by atoms with Crippen LogP contribution in [0, 0.1) is 6.92 Å². The van der Waals surface area contributed by atoms with E-state index < -0.39 is 0 Å². The van der Waals surface area contributed by atoms with Crippen molar-refractivity contribution >= 4 is 16.9 Å². The van der Waals surface area contributed by atoms with Crippen molar-refractivity contribution in [2.24, 2.45) is 0 Å². The fourth-order valence-corrected chi connectivity index (χ4v) is 3.78. The largest absolute Gasteiger partial charge is 0.484 e. The van der Waals surface area contributed by atoms with Gasteiger partial charge in [-0.3, -0.25) is 9.59 Å². The monoisotopic (exact) mass is 407 g/mol. The van der Waals surface area contributed by atoms with Gasteiger partial charge in [-0.15, -0.1) is 0 Å². The third-order valence-electron chi connectivity index (χ3n) is 5.44. The van der Waals surface area contributed by atoms with Gasteiger partial charge >= 0.3 is 0 Å². The normalized spacial score (nSPS) is 16.5. The number of fused-ring (bicyclic) bond motifs is 1. The maximum absolute atomic E-state index is 12.9. The van der Waals surface area contributed by atoms with Crippen molar-refractivity contribution < 1.29 is 18.7 Å². The van der Waals surface area contributed by atoms with Crippen LogP contribution in [0.4, 0.5) is 0 Å². The van der Waals surface area contributed by atoms with Crippen molar-refractivity contribution in [3.05, 3.63) is 64.5 Å². The number of aryl methyl sites for hydroxylation is 1. The summed E-state index contributed by atoms with van der Waals surface area (Å²) in [6.07, 6.45) is 3.22. The third-order valence-corrected chi connectivity index (χ3v) is 5.44. The first-order valence-corrected chi connectivity index (χ1v) is 10.3. The number of hydrogen-bond acceptors (Lipinski definition) is 5. The number of rotatable bonds is 5. The van der Waals surface area contributed by atoms with Crippen LogP contribution in [0.2, 0.25) is 0 Å². The molecule has 0 saturated carbocycles. The van der Waals surface area contributed by atoms with Crippen LogP contribution >= 0.6 is 0 Å². The predicted octanol–water partition coefficient (Wildman–Crippen LogP) is 4.67. The summed E-state index contributed by atoms with van der Waals surface area (Å²) in [6, 6.07) is 14.3. The molecule has 1 atom stereocenters. The number of para-hydroxylation sites is 1. The molecular formula is C24H25NO5. The van der Waals surface area contributed by atoms with Crippen molar-refractivity contribution in [3.63, 3.8) is 0 Å². The molecule has 1 amide bonds. The Morgan fingerprint density at radius 1 is 1.13 bits per heavy atom. The Bertz CT molecular complexity index is 1110. The zero-order valence-electron chi connectivity index (χ0n) is 17.2. The van der Waals surface area contributed by atoms with Crippen molar-refractivity contribution in [2.75, 3.05) is 13.2 Å². The summed E-state index contributed by atoms with van der Waals surface area (Å²) < 4.78 is 17.3. The standard InChI is InChI=1S/C24H25NO5/c1-16-8-6-7-13-25(16)22(26)15-28-19-11-12-20-21(14-19)29-17(2)24(23(20)27)30-18-9-4-3-5-10-18/h3-5,9-12,14,16H,6-8,13,15H2,1-2H3/t16-/m1/s1. The van der Waals surface area contributed by atoms with Gasteiger partial charge in [-0.05, 0) is 57.4 Å². The van der Waals surface area contributed by atoms with Gasteiger partial charge in [-0.2, -0.15) is 0 Å². The molecule has 30 heavy (non-hydrogen) atoms. The fraction of sp³-hybridized carbons (Fsp3) is 0.333. The number of piperidine rings is 1. The summed E-state index contributed by atoms with van der Waals surface area (Å²) in [7, 11) is 0. The highest BCUT2D eigenvalue weighted by Gasteiger charge is 2.23. The van der Waals surface area contributed by atoms with Crippen molar-refractivity contribution in [2.45, 2.75) is 39.2 Å². The molecule has 3 aromatic rings. The molecule has 2 heterocycles. The molecule has 156 valence electrons. The van der Waals surface area contributed by atoms with Crippen molar-refractivity contribution in [1.29, 1.82) is 0 Å². The van der Waals surface area contributed by atoms with Gasteiger partial charge in [-0.25, -0.2) is 0 Å². The van der Waals surface area contributed by atoms with Gasteiger partial charge in [0.25, 0.3) is 5.91 Å². The van der Waals surface area contributed by atoms with Gasteiger partial charge in [0.15, 0.2) is 6.61 Å². The Labute approximate surface area is 175 Å². The minimum Gasteiger partial charge on any atom is -0.484 e. The molecule has 0 aliphatic carbocycles. The van der Waals surface area contributed by atoms with E-state index in [2.05, 4.69) is 6.92 Å². The summed E-state index contributed by atoms with van der Waals surface area (Å²) in [4.78, 5) is 27.2. The predicted molar refractivity (Wildman–Crippen MR) is 114 cm³/mol. The first kappa shape index (κ1) is 20.0. The Balaban J connectivity index is 1.52. The summed E-state index contributed by atoms with van der Waals surface area (Å²) >= 11 is 0. The van der Waals surface area contributed by atoms with Gasteiger partial charge in [0.1, 0.15) is 22.8 Å². The van der Waals surface area contributed by atoms with Crippen LogP contribution in [0.3, 0.4) is 0 Å². The number of carbonyl (C=O) groups excluding carboxylic acids is 1. The topological polar surface area (TPSA) is 69.0 Å². The first-order chi connectivity index (χ1) is 14.5. The fourth-order valence-electron chi connectivity index (χ4n) is 3.78. The van der Waals surface area contributed by atoms with E-state index in [1.165, 1.54) is 0 Å². The second-order valence-electron chi connectivity index (χ2n) is 7.61. The van der Waals surface area contributed by atoms with E-state index in [1.54, 1.807) is 37.3 Å². The molecule has 0 spiro atoms. The lowest BCUT2D eigenvalue weighted by atomic mass is 10.0. The molecule has 1 saturated heterocycles. The lowest BCUT2D eigenvalue weighted by Crippen LogP contribution is -2.44. The van der Waals surface area contributed by atoms with Crippen LogP contribution in [0.15, 0.2) is 57.7 Å². The quantitative estimate of drug-likeness (QED) is 0.615. The van der Waals surface area contributed by atoms with E-state index in [1.807, 2.05) is 23.1 Å². The van der Waals surface area contributed by atoms with Gasteiger partial charge < -0.3 is 18.8 Å². The minimum absolute atomic E-state index is 0.0217. The summed E-state index contributed by atoms with van der Waals surface area (Å²) in [5.41, 5.74) is 0.150. The highest BCUT2D eigenvalue weighted by Crippen LogP contribution is 2.27. The van der Waals surface area contributed by atoms with Crippen molar-refractivity contribution in [1.82, 2.24) is 4.90 Å². The second-order valence-corrected chi connectivity index (χ2v) is 7.61. The molecule has 0 unspecified atom stereocenters. The van der Waals surface area contributed by atoms with E-state index in [-0.39, 0.29) is 29.7 Å². The van der Waals surface area contributed by atoms with Crippen LogP contribution in [-0.2, 0) is 4.79 Å². The van der Waals surface area contributed by atoms with E-state index in [9.17, 15) is 9.59 Å². The highest BCUT2D eigenvalue weighted by atomic mass is 16.5. The van der Waals surface area contributed by atoms with E-state index >= 15 is 0 Å². The summed E-state index contributed by atoms with van der Waals surface area (Å²) in [5, 5.41) is 0.398. The number of benzene rings is 2. The lowest BCUT2D eigenvalue weighted by Gasteiger charge is -2.33. The molecule has 0 bridgehead atoms. The molecule has 6 nitrogen and oxygen atoms in total. The van der Waals surface area contributed by atoms with Crippen LogP contribution < -0.4 is 14.9 Å². The molecule has 2 aromatic carbocycles. The van der Waals surface area contributed by atoms with Gasteiger partial charge in [0.2, 0.25) is 11.2 Å². The molecule has 1 aromatic heterocycles. The Morgan fingerprint density at radius 3 is 2.70 bits per heavy atom. The second kappa shape index (κ2) is 8.61. The zero-order valence-corrected chi connectivity index (χ0v) is 17.2. The number of carbonyl (C=O) groups is 1. The van der Waals surface area contributed by atoms with Gasteiger partial charge in [0, 0.05) is 18.7 Å². The van der Waals surface area contributed by atoms with E-state index in [0.29, 0.717) is 28.2 Å². The number of likely N-dealkylation sites (tertiary alicyclic amines) is 1. The number of amides is 1. The first-order valence-electron chi connectivity index (χ1n) is 10.3. The lowest BCUT2D eigenvalue weighted by molar-refractivity contribution is -0.136. The average Bonchev–Trinajstić information content (AvgIpc) is 2.76. The number of hydrogen-bond donors (Lipinski definition) is 0. The van der Waals surface area contributed by atoms with Crippen LogP contribution in [-0.4, -0.2) is 30.0 Å². The van der Waals surface area contributed by atoms with Gasteiger partial charge in [0.05, 0.1) is 5.39 Å². The molecule has 1 aliphatic heterocycles. The highest BCUT2D eigenvalue weighted by molar-refractivity contribution is 5.80. The van der Waals surface area contributed by atoms with E-state index in [0.717, 1.165) is 25.8 Å². The molecule has 0 N–H and O–H groups in total. The Hall–Kier alpha value is -3.28. The molecule has 1 aliphatic rings. The zero-order chi connectivity index (χ0) is 21.1. The maximum Gasteiger partial charge on any atom is 0.260 e. The molecular weight excluding hydrogens is 382 g/mol. The summed E-state index contributed by atoms with van der Waals surface area (Å²) in [5.74, 6) is 1.58. The number of nitrogens with zero attached hydrogens (tertiary/aromatic N) is 1. The van der Waals surface area contributed by atoms with Crippen molar-refractivity contribution in [3.8, 4) is 17.2 Å². The van der Waals surface area contributed by atoms with E-state index in [4.69, 9.17) is 13.9 Å². The van der Waals surface area contributed by atoms with Crippen LogP contribution in [0.1, 0.15) is 31.9 Å². The Kier molecular flexibility index (Phi) is 5.74. The number of ether oxygens (including phenoxy) is 2. The minimum atomic E-state index is -0.248.